The van der Waals surface area contributed by atoms with Gasteiger partial charge < -0.3 is 14.1 Å². The van der Waals surface area contributed by atoms with E-state index < -0.39 is 5.76 Å². The molecule has 6 nitrogen and oxygen atoms in total. The molecule has 1 aromatic heterocycles. The number of fused-ring (bicyclic) bond motifs is 1. The first kappa shape index (κ1) is 20.2. The first-order chi connectivity index (χ1) is 12.5. The van der Waals surface area contributed by atoms with Gasteiger partial charge >= 0.3 is 5.76 Å². The fourth-order valence-electron chi connectivity index (χ4n) is 3.88. The molecule has 0 aliphatic carbocycles. The summed E-state index contributed by atoms with van der Waals surface area (Å²) in [6, 6.07) is 4.28. The molecular formula is C19H25Cl2N3O3. The highest BCUT2D eigenvalue weighted by Gasteiger charge is 2.27. The summed E-state index contributed by atoms with van der Waals surface area (Å²) in [6.07, 6.45) is 3.66. The first-order valence-electron chi connectivity index (χ1n) is 9.32. The van der Waals surface area contributed by atoms with E-state index in [4.69, 9.17) is 20.8 Å². The van der Waals surface area contributed by atoms with Crippen LogP contribution in [0.2, 0.25) is 5.02 Å². The molecule has 0 radical (unpaired) electrons. The average molecular weight is 414 g/mol. The van der Waals surface area contributed by atoms with Crippen molar-refractivity contribution in [3.8, 4) is 17.2 Å². The second-order valence-electron chi connectivity index (χ2n) is 7.37. The van der Waals surface area contributed by atoms with Crippen LogP contribution in [0.25, 0.3) is 11.5 Å². The predicted molar refractivity (Wildman–Crippen MR) is 107 cm³/mol. The van der Waals surface area contributed by atoms with Crippen molar-refractivity contribution in [3.63, 3.8) is 0 Å². The van der Waals surface area contributed by atoms with Crippen LogP contribution in [0.4, 0.5) is 0 Å². The Morgan fingerprint density at radius 1 is 1.26 bits per heavy atom. The molecule has 4 rings (SSSR count). The maximum atomic E-state index is 12.4. The summed E-state index contributed by atoms with van der Waals surface area (Å²) < 4.78 is 12.8. The lowest BCUT2D eigenvalue weighted by molar-refractivity contribution is 0.144. The molecule has 1 saturated heterocycles. The molecule has 148 valence electrons. The third-order valence-corrected chi connectivity index (χ3v) is 5.56. The maximum Gasteiger partial charge on any atom is 0.437 e. The van der Waals surface area contributed by atoms with Crippen LogP contribution in [-0.4, -0.2) is 40.4 Å². The standard InChI is InChI=1S/C19H24ClN3O3.ClH/c1-12(2)22-7-5-15(6-8-22)23-19(24)26-18(21-23)16-11-14(20)10-13-4-3-9-25-17(13)16;/h10-12,15H,3-9H2,1-2H3;1H. The molecule has 27 heavy (non-hydrogen) atoms. The molecule has 8 heteroatoms. The van der Waals surface area contributed by atoms with E-state index in [0.717, 1.165) is 50.1 Å². The number of aromatic nitrogens is 2. The summed E-state index contributed by atoms with van der Waals surface area (Å²) in [5.74, 6) is 0.623. The SMILES string of the molecule is CC(C)N1CCC(n2nc(-c3cc(Cl)cc4c3OCCC4)oc2=O)CC1.Cl. The third-order valence-electron chi connectivity index (χ3n) is 5.34. The van der Waals surface area contributed by atoms with E-state index in [2.05, 4.69) is 23.8 Å². The van der Waals surface area contributed by atoms with Crippen LogP contribution >= 0.6 is 24.0 Å². The Morgan fingerprint density at radius 2 is 2.00 bits per heavy atom. The first-order valence-corrected chi connectivity index (χ1v) is 9.70. The van der Waals surface area contributed by atoms with E-state index in [-0.39, 0.29) is 18.4 Å². The fraction of sp³-hybridized carbons (Fsp3) is 0.579. The van der Waals surface area contributed by atoms with Crippen LogP contribution in [0, 0.1) is 0 Å². The van der Waals surface area contributed by atoms with Crippen molar-refractivity contribution in [3.05, 3.63) is 33.3 Å². The van der Waals surface area contributed by atoms with E-state index in [0.29, 0.717) is 29.1 Å². The number of likely N-dealkylation sites (tertiary alicyclic amines) is 1. The monoisotopic (exact) mass is 413 g/mol. The number of halogens is 2. The Morgan fingerprint density at radius 3 is 2.70 bits per heavy atom. The normalized spacial score (nSPS) is 18.1. The van der Waals surface area contributed by atoms with E-state index in [1.807, 2.05) is 6.07 Å². The topological polar surface area (TPSA) is 60.5 Å². The van der Waals surface area contributed by atoms with Crippen LogP contribution in [-0.2, 0) is 6.42 Å². The van der Waals surface area contributed by atoms with Crippen molar-refractivity contribution >= 4 is 24.0 Å². The Kier molecular flexibility index (Phi) is 6.18. The molecule has 0 bridgehead atoms. The molecule has 0 N–H and O–H groups in total. The zero-order chi connectivity index (χ0) is 18.3. The Bertz CT molecular complexity index is 854. The van der Waals surface area contributed by atoms with Crippen molar-refractivity contribution in [1.82, 2.24) is 14.7 Å². The van der Waals surface area contributed by atoms with Crippen molar-refractivity contribution in [1.29, 1.82) is 0 Å². The second kappa shape index (κ2) is 8.25. The quantitative estimate of drug-likeness (QED) is 0.761. The van der Waals surface area contributed by atoms with Crippen molar-refractivity contribution in [2.75, 3.05) is 19.7 Å². The highest BCUT2D eigenvalue weighted by Crippen LogP contribution is 2.38. The number of piperidine rings is 1. The van der Waals surface area contributed by atoms with E-state index in [1.54, 1.807) is 6.07 Å². The smallest absolute Gasteiger partial charge is 0.437 e. The summed E-state index contributed by atoms with van der Waals surface area (Å²) in [7, 11) is 0. The number of benzene rings is 1. The number of rotatable bonds is 3. The average Bonchev–Trinajstić information content (AvgIpc) is 3.02. The summed E-state index contributed by atoms with van der Waals surface area (Å²) in [5, 5.41) is 5.11. The van der Waals surface area contributed by atoms with Gasteiger partial charge in [-0.25, -0.2) is 4.79 Å². The minimum Gasteiger partial charge on any atom is -0.492 e. The van der Waals surface area contributed by atoms with Gasteiger partial charge in [-0.3, -0.25) is 0 Å². The molecule has 0 saturated carbocycles. The van der Waals surface area contributed by atoms with Crippen molar-refractivity contribution in [2.24, 2.45) is 0 Å². The third kappa shape index (κ3) is 4.03. The Hall–Kier alpha value is -1.50. The van der Waals surface area contributed by atoms with E-state index >= 15 is 0 Å². The number of nitrogens with zero attached hydrogens (tertiary/aromatic N) is 3. The van der Waals surface area contributed by atoms with E-state index in [9.17, 15) is 4.79 Å². The summed E-state index contributed by atoms with van der Waals surface area (Å²) >= 11 is 6.26. The summed E-state index contributed by atoms with van der Waals surface area (Å²) in [5.41, 5.74) is 1.71. The highest BCUT2D eigenvalue weighted by molar-refractivity contribution is 6.31. The number of hydrogen-bond donors (Lipinski definition) is 0. The van der Waals surface area contributed by atoms with Gasteiger partial charge in [-0.05, 0) is 57.2 Å². The molecule has 3 heterocycles. The zero-order valence-electron chi connectivity index (χ0n) is 15.6. The van der Waals surface area contributed by atoms with Gasteiger partial charge in [-0.2, -0.15) is 4.68 Å². The van der Waals surface area contributed by atoms with E-state index in [1.165, 1.54) is 4.68 Å². The second-order valence-corrected chi connectivity index (χ2v) is 7.81. The Balaban J connectivity index is 0.00000210. The molecule has 1 aromatic carbocycles. The molecular weight excluding hydrogens is 389 g/mol. The molecule has 1 fully saturated rings. The molecule has 0 spiro atoms. The molecule has 0 atom stereocenters. The van der Waals surface area contributed by atoms with Crippen LogP contribution in [0.1, 0.15) is 44.7 Å². The lowest BCUT2D eigenvalue weighted by Crippen LogP contribution is -2.40. The molecule has 2 aliphatic heterocycles. The van der Waals surface area contributed by atoms with Crippen LogP contribution in [0.3, 0.4) is 0 Å². The van der Waals surface area contributed by atoms with Gasteiger partial charge in [0.05, 0.1) is 18.2 Å². The van der Waals surface area contributed by atoms with Gasteiger partial charge in [0.1, 0.15) is 5.75 Å². The van der Waals surface area contributed by atoms with Gasteiger partial charge in [0.25, 0.3) is 5.89 Å². The summed E-state index contributed by atoms with van der Waals surface area (Å²) in [4.78, 5) is 14.8. The molecule has 0 amide bonds. The molecule has 2 aromatic rings. The van der Waals surface area contributed by atoms with Gasteiger partial charge in [0, 0.05) is 24.2 Å². The van der Waals surface area contributed by atoms with Crippen molar-refractivity contribution in [2.45, 2.75) is 51.6 Å². The van der Waals surface area contributed by atoms with Gasteiger partial charge in [0.2, 0.25) is 0 Å². The van der Waals surface area contributed by atoms with Crippen LogP contribution < -0.4 is 10.5 Å². The number of hydrogen-bond acceptors (Lipinski definition) is 5. The summed E-state index contributed by atoms with van der Waals surface area (Å²) in [6.45, 7) is 6.98. The number of aryl methyl sites for hydroxylation is 1. The lowest BCUT2D eigenvalue weighted by atomic mass is 10.0. The minimum absolute atomic E-state index is 0. The minimum atomic E-state index is -0.410. The Labute approximate surface area is 169 Å². The fourth-order valence-corrected chi connectivity index (χ4v) is 4.12. The van der Waals surface area contributed by atoms with Crippen molar-refractivity contribution < 1.29 is 9.15 Å². The lowest BCUT2D eigenvalue weighted by Gasteiger charge is -2.33. The number of ether oxygens (including phenoxy) is 1. The molecule has 0 unspecified atom stereocenters. The predicted octanol–water partition coefficient (Wildman–Crippen LogP) is 3.95. The van der Waals surface area contributed by atoms with Gasteiger partial charge in [-0.15, -0.1) is 17.5 Å². The maximum absolute atomic E-state index is 12.4. The molecule has 2 aliphatic rings. The van der Waals surface area contributed by atoms with Crippen LogP contribution in [0.5, 0.6) is 5.75 Å². The van der Waals surface area contributed by atoms with Crippen LogP contribution in [0.15, 0.2) is 21.3 Å². The van der Waals surface area contributed by atoms with Gasteiger partial charge in [-0.1, -0.05) is 11.6 Å². The van der Waals surface area contributed by atoms with Gasteiger partial charge in [0.15, 0.2) is 0 Å². The highest BCUT2D eigenvalue weighted by atomic mass is 35.5. The zero-order valence-corrected chi connectivity index (χ0v) is 17.2. The largest absolute Gasteiger partial charge is 0.492 e.